The standard InChI is InChI=1S/C18H19FN4O.HI/c1-21-18(22-11-14-4-3-5-16(9-14)24-2)23-12-15-8-13(10-20)6-7-17(15)19;/h3-9H,11-12H2,1-2H3,(H2,21,22,23);1H. The molecular formula is C18H20FIN4O. The smallest absolute Gasteiger partial charge is 0.191 e. The quantitative estimate of drug-likeness (QED) is 0.414. The number of nitrogens with zero attached hydrogens (tertiary/aromatic N) is 2. The van der Waals surface area contributed by atoms with Gasteiger partial charge < -0.3 is 15.4 Å². The maximum Gasteiger partial charge on any atom is 0.191 e. The third-order valence-corrected chi connectivity index (χ3v) is 3.44. The van der Waals surface area contributed by atoms with Crippen LogP contribution in [0.1, 0.15) is 16.7 Å². The molecule has 0 radical (unpaired) electrons. The third-order valence-electron chi connectivity index (χ3n) is 3.44. The number of aliphatic imine (C=N–C) groups is 1. The van der Waals surface area contributed by atoms with Crippen LogP contribution in [-0.4, -0.2) is 20.1 Å². The highest BCUT2D eigenvalue weighted by Gasteiger charge is 2.05. The highest BCUT2D eigenvalue weighted by Crippen LogP contribution is 2.12. The van der Waals surface area contributed by atoms with Crippen LogP contribution in [0.3, 0.4) is 0 Å². The first-order valence-electron chi connectivity index (χ1n) is 7.42. The number of nitriles is 1. The lowest BCUT2D eigenvalue weighted by atomic mass is 10.1. The molecule has 5 nitrogen and oxygen atoms in total. The molecule has 0 saturated carbocycles. The molecule has 0 spiro atoms. The van der Waals surface area contributed by atoms with Gasteiger partial charge in [-0.05, 0) is 35.9 Å². The fraction of sp³-hybridized carbons (Fsp3) is 0.222. The van der Waals surface area contributed by atoms with E-state index in [0.29, 0.717) is 23.6 Å². The second-order valence-electron chi connectivity index (χ2n) is 5.05. The molecule has 0 aliphatic heterocycles. The molecule has 2 aromatic carbocycles. The minimum Gasteiger partial charge on any atom is -0.497 e. The number of rotatable bonds is 5. The number of halogens is 2. The topological polar surface area (TPSA) is 69.4 Å². The lowest BCUT2D eigenvalue weighted by Gasteiger charge is -2.13. The van der Waals surface area contributed by atoms with Crippen LogP contribution in [-0.2, 0) is 13.1 Å². The Balaban J connectivity index is 0.00000312. The van der Waals surface area contributed by atoms with Crippen molar-refractivity contribution in [3.63, 3.8) is 0 Å². The van der Waals surface area contributed by atoms with Crippen LogP contribution < -0.4 is 15.4 Å². The summed E-state index contributed by atoms with van der Waals surface area (Å²) in [5.41, 5.74) is 1.88. The summed E-state index contributed by atoms with van der Waals surface area (Å²) in [4.78, 5) is 4.11. The molecule has 7 heteroatoms. The molecular weight excluding hydrogens is 434 g/mol. The number of methoxy groups -OCH3 is 1. The second-order valence-corrected chi connectivity index (χ2v) is 5.05. The van der Waals surface area contributed by atoms with Gasteiger partial charge in [0.05, 0.1) is 18.7 Å². The Morgan fingerprint density at radius 1 is 1.20 bits per heavy atom. The second kappa shape index (κ2) is 10.5. The van der Waals surface area contributed by atoms with Gasteiger partial charge in [-0.1, -0.05) is 12.1 Å². The SMILES string of the molecule is CN=C(NCc1cccc(OC)c1)NCc1cc(C#N)ccc1F.I. The fourth-order valence-electron chi connectivity index (χ4n) is 2.15. The van der Waals surface area contributed by atoms with E-state index in [1.54, 1.807) is 14.2 Å². The molecule has 0 amide bonds. The van der Waals surface area contributed by atoms with Crippen LogP contribution >= 0.6 is 24.0 Å². The number of hydrogen-bond acceptors (Lipinski definition) is 3. The average Bonchev–Trinajstić information content (AvgIpc) is 2.63. The predicted molar refractivity (Wildman–Crippen MR) is 107 cm³/mol. The van der Waals surface area contributed by atoms with Crippen molar-refractivity contribution in [2.24, 2.45) is 4.99 Å². The van der Waals surface area contributed by atoms with Crippen LogP contribution in [0.25, 0.3) is 0 Å². The van der Waals surface area contributed by atoms with E-state index in [9.17, 15) is 4.39 Å². The van der Waals surface area contributed by atoms with Crippen LogP contribution in [0.4, 0.5) is 4.39 Å². The van der Waals surface area contributed by atoms with E-state index in [2.05, 4.69) is 15.6 Å². The summed E-state index contributed by atoms with van der Waals surface area (Å²) in [7, 11) is 3.26. The molecule has 132 valence electrons. The van der Waals surface area contributed by atoms with Gasteiger partial charge in [0.2, 0.25) is 0 Å². The first-order chi connectivity index (χ1) is 11.7. The van der Waals surface area contributed by atoms with Gasteiger partial charge in [-0.2, -0.15) is 5.26 Å². The molecule has 0 aliphatic carbocycles. The maximum absolute atomic E-state index is 13.8. The summed E-state index contributed by atoms with van der Waals surface area (Å²) in [6.45, 7) is 0.788. The van der Waals surface area contributed by atoms with E-state index >= 15 is 0 Å². The summed E-state index contributed by atoms with van der Waals surface area (Å²) >= 11 is 0. The Labute approximate surface area is 163 Å². The number of benzene rings is 2. The monoisotopic (exact) mass is 454 g/mol. The minimum atomic E-state index is -0.357. The molecule has 0 saturated heterocycles. The molecule has 25 heavy (non-hydrogen) atoms. The van der Waals surface area contributed by atoms with Crippen molar-refractivity contribution in [3.8, 4) is 11.8 Å². The van der Waals surface area contributed by atoms with Crippen LogP contribution in [0.5, 0.6) is 5.75 Å². The van der Waals surface area contributed by atoms with Gasteiger partial charge in [-0.25, -0.2) is 4.39 Å². The van der Waals surface area contributed by atoms with Gasteiger partial charge >= 0.3 is 0 Å². The summed E-state index contributed by atoms with van der Waals surface area (Å²) in [6, 6.07) is 14.0. The van der Waals surface area contributed by atoms with E-state index in [0.717, 1.165) is 11.3 Å². The van der Waals surface area contributed by atoms with Crippen LogP contribution in [0.2, 0.25) is 0 Å². The van der Waals surface area contributed by atoms with Crippen LogP contribution in [0, 0.1) is 17.1 Å². The van der Waals surface area contributed by atoms with E-state index in [1.807, 2.05) is 30.3 Å². The molecule has 0 aromatic heterocycles. The Morgan fingerprint density at radius 3 is 2.64 bits per heavy atom. The van der Waals surface area contributed by atoms with Gasteiger partial charge in [0, 0.05) is 25.7 Å². The van der Waals surface area contributed by atoms with Gasteiger partial charge in [0.25, 0.3) is 0 Å². The van der Waals surface area contributed by atoms with Gasteiger partial charge in [0.15, 0.2) is 5.96 Å². The third kappa shape index (κ3) is 6.23. The van der Waals surface area contributed by atoms with Crippen molar-refractivity contribution < 1.29 is 9.13 Å². The molecule has 2 N–H and O–H groups in total. The summed E-state index contributed by atoms with van der Waals surface area (Å²) in [6.07, 6.45) is 0. The van der Waals surface area contributed by atoms with Crippen molar-refractivity contribution >= 4 is 29.9 Å². The van der Waals surface area contributed by atoms with E-state index in [4.69, 9.17) is 10.00 Å². The van der Waals surface area contributed by atoms with Crippen molar-refractivity contribution in [1.82, 2.24) is 10.6 Å². The van der Waals surface area contributed by atoms with Crippen molar-refractivity contribution in [1.29, 1.82) is 5.26 Å². The average molecular weight is 454 g/mol. The van der Waals surface area contributed by atoms with Crippen molar-refractivity contribution in [2.75, 3.05) is 14.2 Å². The zero-order valence-electron chi connectivity index (χ0n) is 14.0. The largest absolute Gasteiger partial charge is 0.497 e. The zero-order chi connectivity index (χ0) is 17.4. The normalized spacial score (nSPS) is 10.4. The Morgan fingerprint density at radius 2 is 1.96 bits per heavy atom. The molecule has 0 heterocycles. The van der Waals surface area contributed by atoms with Crippen LogP contribution in [0.15, 0.2) is 47.5 Å². The highest BCUT2D eigenvalue weighted by atomic mass is 127. The molecule has 0 bridgehead atoms. The fourth-order valence-corrected chi connectivity index (χ4v) is 2.15. The number of guanidine groups is 1. The van der Waals surface area contributed by atoms with Crippen molar-refractivity contribution in [2.45, 2.75) is 13.1 Å². The van der Waals surface area contributed by atoms with Gasteiger partial charge in [0.1, 0.15) is 11.6 Å². The molecule has 2 aromatic rings. The molecule has 0 unspecified atom stereocenters. The first-order valence-corrected chi connectivity index (χ1v) is 7.42. The molecule has 2 rings (SSSR count). The lowest BCUT2D eigenvalue weighted by molar-refractivity contribution is 0.414. The zero-order valence-corrected chi connectivity index (χ0v) is 16.4. The Hall–Kier alpha value is -2.34. The van der Waals surface area contributed by atoms with E-state index < -0.39 is 0 Å². The van der Waals surface area contributed by atoms with Gasteiger partial charge in [-0.15, -0.1) is 24.0 Å². The van der Waals surface area contributed by atoms with Crippen molar-refractivity contribution in [3.05, 3.63) is 65.0 Å². The first kappa shape index (κ1) is 20.7. The Kier molecular flexibility index (Phi) is 8.70. The van der Waals surface area contributed by atoms with Gasteiger partial charge in [-0.3, -0.25) is 4.99 Å². The number of nitrogens with one attached hydrogen (secondary N) is 2. The maximum atomic E-state index is 13.8. The summed E-state index contributed by atoms with van der Waals surface area (Å²) in [5, 5.41) is 15.1. The van der Waals surface area contributed by atoms with E-state index in [-0.39, 0.29) is 36.3 Å². The minimum absolute atomic E-state index is 0. The Bertz CT molecular complexity index is 774. The molecule has 0 aliphatic rings. The summed E-state index contributed by atoms with van der Waals surface area (Å²) in [5.74, 6) is 0.969. The lowest BCUT2D eigenvalue weighted by Crippen LogP contribution is -2.36. The number of ether oxygens (including phenoxy) is 1. The summed E-state index contributed by atoms with van der Waals surface area (Å²) < 4.78 is 19.0. The molecule has 0 atom stereocenters. The predicted octanol–water partition coefficient (Wildman–Crippen LogP) is 3.19. The van der Waals surface area contributed by atoms with E-state index in [1.165, 1.54) is 18.2 Å². The highest BCUT2D eigenvalue weighted by molar-refractivity contribution is 14.0. The molecule has 0 fully saturated rings. The number of hydrogen-bond donors (Lipinski definition) is 2.